The minimum absolute atomic E-state index is 0.141. The molecule has 0 spiro atoms. The molecule has 20 heavy (non-hydrogen) atoms. The Balaban J connectivity index is 2.84. The van der Waals surface area contributed by atoms with E-state index in [2.05, 4.69) is 5.32 Å². The predicted molar refractivity (Wildman–Crippen MR) is 76.4 cm³/mol. The summed E-state index contributed by atoms with van der Waals surface area (Å²) in [6.07, 6.45) is 0.677. The van der Waals surface area contributed by atoms with Crippen LogP contribution in [0.1, 0.15) is 37.0 Å². The van der Waals surface area contributed by atoms with Gasteiger partial charge in [0.25, 0.3) is 5.91 Å². The third-order valence-corrected chi connectivity index (χ3v) is 2.74. The first-order valence-corrected chi connectivity index (χ1v) is 6.76. The van der Waals surface area contributed by atoms with Crippen molar-refractivity contribution in [1.29, 1.82) is 0 Å². The highest BCUT2D eigenvalue weighted by Gasteiger charge is 2.17. The fourth-order valence-corrected chi connectivity index (χ4v) is 1.80. The van der Waals surface area contributed by atoms with E-state index in [4.69, 9.17) is 21.4 Å². The van der Waals surface area contributed by atoms with E-state index in [1.807, 2.05) is 6.92 Å². The van der Waals surface area contributed by atoms with Crippen LogP contribution in [-0.4, -0.2) is 29.6 Å². The third-order valence-electron chi connectivity index (χ3n) is 2.51. The molecule has 1 atom stereocenters. The van der Waals surface area contributed by atoms with Gasteiger partial charge in [-0.25, -0.2) is 0 Å². The zero-order chi connectivity index (χ0) is 15.1. The maximum Gasteiger partial charge on any atom is 0.305 e. The first-order valence-electron chi connectivity index (χ1n) is 6.39. The summed E-state index contributed by atoms with van der Waals surface area (Å²) in [5.74, 6) is -0.921. The number of aliphatic carboxylic acids is 1. The lowest BCUT2D eigenvalue weighted by molar-refractivity contribution is -0.137. The Morgan fingerprint density at radius 3 is 2.75 bits per heavy atom. The molecule has 6 heteroatoms. The molecule has 1 aromatic carbocycles. The molecule has 0 heterocycles. The molecule has 1 aromatic rings. The van der Waals surface area contributed by atoms with Gasteiger partial charge in [-0.2, -0.15) is 0 Å². The van der Waals surface area contributed by atoms with Gasteiger partial charge in [-0.15, -0.1) is 0 Å². The minimum atomic E-state index is -0.966. The third kappa shape index (κ3) is 5.09. The van der Waals surface area contributed by atoms with Crippen LogP contribution in [0.5, 0.6) is 5.75 Å². The van der Waals surface area contributed by atoms with Gasteiger partial charge in [0.15, 0.2) is 0 Å². The molecule has 1 amide bonds. The van der Waals surface area contributed by atoms with Gasteiger partial charge in [0.1, 0.15) is 5.75 Å². The summed E-state index contributed by atoms with van der Waals surface area (Å²) in [4.78, 5) is 22.7. The average Bonchev–Trinajstić information content (AvgIpc) is 2.36. The fourth-order valence-electron chi connectivity index (χ4n) is 1.63. The number of hydrogen-bond acceptors (Lipinski definition) is 3. The van der Waals surface area contributed by atoms with Crippen molar-refractivity contribution in [3.05, 3.63) is 28.8 Å². The van der Waals surface area contributed by atoms with Crippen molar-refractivity contribution in [2.75, 3.05) is 6.61 Å². The lowest BCUT2D eigenvalue weighted by Crippen LogP contribution is -2.34. The Kier molecular flexibility index (Phi) is 6.31. The van der Waals surface area contributed by atoms with E-state index >= 15 is 0 Å². The average molecular weight is 300 g/mol. The van der Waals surface area contributed by atoms with Crippen molar-refractivity contribution in [3.8, 4) is 5.75 Å². The van der Waals surface area contributed by atoms with Crippen LogP contribution in [0.3, 0.4) is 0 Å². The maximum absolute atomic E-state index is 12.1. The standard InChI is InChI=1S/C14H18ClNO4/c1-3-6-20-12-5-4-10(15)8-11(12)14(19)16-9(2)7-13(17)18/h4-5,8-9H,3,6-7H2,1-2H3,(H,16,19)(H,17,18). The molecule has 0 aliphatic carbocycles. The first kappa shape index (κ1) is 16.3. The molecular formula is C14H18ClNO4. The van der Waals surface area contributed by atoms with Crippen LogP contribution in [0.2, 0.25) is 5.02 Å². The smallest absolute Gasteiger partial charge is 0.305 e. The highest BCUT2D eigenvalue weighted by atomic mass is 35.5. The second-order valence-electron chi connectivity index (χ2n) is 4.46. The molecular weight excluding hydrogens is 282 g/mol. The number of halogens is 1. The number of nitrogens with one attached hydrogen (secondary N) is 1. The quantitative estimate of drug-likeness (QED) is 0.811. The van der Waals surface area contributed by atoms with E-state index in [0.717, 1.165) is 6.42 Å². The second-order valence-corrected chi connectivity index (χ2v) is 4.90. The van der Waals surface area contributed by atoms with E-state index in [1.54, 1.807) is 19.1 Å². The highest BCUT2D eigenvalue weighted by molar-refractivity contribution is 6.31. The van der Waals surface area contributed by atoms with Crippen molar-refractivity contribution < 1.29 is 19.4 Å². The molecule has 2 N–H and O–H groups in total. The topological polar surface area (TPSA) is 75.6 Å². The number of amides is 1. The summed E-state index contributed by atoms with van der Waals surface area (Å²) in [7, 11) is 0. The van der Waals surface area contributed by atoms with Crippen molar-refractivity contribution in [3.63, 3.8) is 0 Å². The number of carbonyl (C=O) groups excluding carboxylic acids is 1. The van der Waals surface area contributed by atoms with Gasteiger partial charge >= 0.3 is 5.97 Å². The highest BCUT2D eigenvalue weighted by Crippen LogP contribution is 2.23. The van der Waals surface area contributed by atoms with E-state index in [-0.39, 0.29) is 6.42 Å². The Morgan fingerprint density at radius 1 is 1.45 bits per heavy atom. The van der Waals surface area contributed by atoms with Gasteiger partial charge in [-0.1, -0.05) is 18.5 Å². The molecule has 1 rings (SSSR count). The fraction of sp³-hybridized carbons (Fsp3) is 0.429. The predicted octanol–water partition coefficient (Wildman–Crippen LogP) is 2.72. The number of carboxylic acids is 1. The lowest BCUT2D eigenvalue weighted by atomic mass is 10.1. The van der Waals surface area contributed by atoms with Crippen molar-refractivity contribution in [2.45, 2.75) is 32.7 Å². The number of rotatable bonds is 7. The van der Waals surface area contributed by atoms with Crippen LogP contribution < -0.4 is 10.1 Å². The molecule has 0 aromatic heterocycles. The van der Waals surface area contributed by atoms with Crippen LogP contribution in [0.25, 0.3) is 0 Å². The van der Waals surface area contributed by atoms with Gasteiger partial charge < -0.3 is 15.2 Å². The summed E-state index contributed by atoms with van der Waals surface area (Å²) in [5, 5.41) is 11.7. The summed E-state index contributed by atoms with van der Waals surface area (Å²) in [6, 6.07) is 4.31. The molecule has 5 nitrogen and oxygen atoms in total. The summed E-state index contributed by atoms with van der Waals surface area (Å²) >= 11 is 5.89. The Bertz CT molecular complexity index is 490. The molecule has 0 aliphatic rings. The lowest BCUT2D eigenvalue weighted by Gasteiger charge is -2.14. The van der Waals surface area contributed by atoms with Gasteiger partial charge in [0.2, 0.25) is 0 Å². The molecule has 0 saturated heterocycles. The van der Waals surface area contributed by atoms with Gasteiger partial charge in [0.05, 0.1) is 18.6 Å². The van der Waals surface area contributed by atoms with Crippen LogP contribution in [0.4, 0.5) is 0 Å². The molecule has 0 saturated carbocycles. The molecule has 0 bridgehead atoms. The summed E-state index contributed by atoms with van der Waals surface area (Å²) < 4.78 is 5.49. The van der Waals surface area contributed by atoms with Crippen molar-refractivity contribution in [2.24, 2.45) is 0 Å². The Hall–Kier alpha value is -1.75. The second kappa shape index (κ2) is 7.75. The molecule has 0 aliphatic heterocycles. The molecule has 0 fully saturated rings. The Morgan fingerprint density at radius 2 is 2.15 bits per heavy atom. The zero-order valence-electron chi connectivity index (χ0n) is 11.5. The normalized spacial score (nSPS) is 11.8. The van der Waals surface area contributed by atoms with E-state index in [1.165, 1.54) is 6.07 Å². The van der Waals surface area contributed by atoms with E-state index in [9.17, 15) is 9.59 Å². The molecule has 1 unspecified atom stereocenters. The number of carboxylic acid groups (broad SMARTS) is 1. The zero-order valence-corrected chi connectivity index (χ0v) is 12.2. The SMILES string of the molecule is CCCOc1ccc(Cl)cc1C(=O)NC(C)CC(=O)O. The summed E-state index contributed by atoms with van der Waals surface area (Å²) in [5.41, 5.74) is 0.309. The number of ether oxygens (including phenoxy) is 1. The minimum Gasteiger partial charge on any atom is -0.493 e. The largest absolute Gasteiger partial charge is 0.493 e. The van der Waals surface area contributed by atoms with Crippen LogP contribution in [0, 0.1) is 0 Å². The van der Waals surface area contributed by atoms with Crippen LogP contribution in [-0.2, 0) is 4.79 Å². The monoisotopic (exact) mass is 299 g/mol. The van der Waals surface area contributed by atoms with Gasteiger partial charge in [-0.3, -0.25) is 9.59 Å². The number of carbonyl (C=O) groups is 2. The number of hydrogen-bond donors (Lipinski definition) is 2. The molecule has 110 valence electrons. The van der Waals surface area contributed by atoms with E-state index in [0.29, 0.717) is 22.9 Å². The van der Waals surface area contributed by atoms with Gasteiger partial charge in [-0.05, 0) is 31.5 Å². The Labute approximate surface area is 122 Å². The number of benzene rings is 1. The van der Waals surface area contributed by atoms with Crippen LogP contribution >= 0.6 is 11.6 Å². The first-order chi connectivity index (χ1) is 9.43. The van der Waals surface area contributed by atoms with Crippen LogP contribution in [0.15, 0.2) is 18.2 Å². The summed E-state index contributed by atoms with van der Waals surface area (Å²) in [6.45, 7) is 4.08. The van der Waals surface area contributed by atoms with Gasteiger partial charge in [0, 0.05) is 11.1 Å². The maximum atomic E-state index is 12.1. The molecule has 0 radical (unpaired) electrons. The van der Waals surface area contributed by atoms with Crippen molar-refractivity contribution in [1.82, 2.24) is 5.32 Å². The van der Waals surface area contributed by atoms with Crippen molar-refractivity contribution >= 4 is 23.5 Å². The van der Waals surface area contributed by atoms with E-state index < -0.39 is 17.9 Å².